The molecular formula is C11H10N4OS. The maximum absolute atomic E-state index is 12.0. The number of carbonyl (C=O) groups is 1. The summed E-state index contributed by atoms with van der Waals surface area (Å²) >= 11 is 1.37. The van der Waals surface area contributed by atoms with Gasteiger partial charge in [0.15, 0.2) is 5.82 Å². The Labute approximate surface area is 102 Å². The van der Waals surface area contributed by atoms with Gasteiger partial charge in [-0.25, -0.2) is 9.97 Å². The van der Waals surface area contributed by atoms with Crippen LogP contribution in [0.3, 0.4) is 0 Å². The first-order valence-electron chi connectivity index (χ1n) is 5.35. The van der Waals surface area contributed by atoms with Crippen molar-refractivity contribution >= 4 is 23.1 Å². The SMILES string of the molecule is O=C(Nc1cnccn1)c1scnc1C1CC1. The Kier molecular flexibility index (Phi) is 2.56. The monoisotopic (exact) mass is 246 g/mol. The summed E-state index contributed by atoms with van der Waals surface area (Å²) in [6.45, 7) is 0. The van der Waals surface area contributed by atoms with E-state index in [4.69, 9.17) is 0 Å². The Hall–Kier alpha value is -1.82. The van der Waals surface area contributed by atoms with E-state index in [1.54, 1.807) is 17.9 Å². The van der Waals surface area contributed by atoms with E-state index in [0.717, 1.165) is 18.5 Å². The number of hydrogen-bond acceptors (Lipinski definition) is 5. The number of thiazole rings is 1. The zero-order valence-electron chi connectivity index (χ0n) is 8.96. The minimum Gasteiger partial charge on any atom is -0.305 e. The fourth-order valence-corrected chi connectivity index (χ4v) is 2.38. The molecule has 0 atom stereocenters. The summed E-state index contributed by atoms with van der Waals surface area (Å²) in [7, 11) is 0. The summed E-state index contributed by atoms with van der Waals surface area (Å²) in [5.74, 6) is 0.798. The van der Waals surface area contributed by atoms with Gasteiger partial charge in [-0.1, -0.05) is 0 Å². The van der Waals surface area contributed by atoms with Gasteiger partial charge in [0.25, 0.3) is 5.91 Å². The van der Waals surface area contributed by atoms with Crippen molar-refractivity contribution in [3.63, 3.8) is 0 Å². The molecule has 1 aliphatic rings. The molecule has 3 rings (SSSR count). The van der Waals surface area contributed by atoms with E-state index in [1.807, 2.05) is 0 Å². The van der Waals surface area contributed by atoms with Crippen LogP contribution in [-0.2, 0) is 0 Å². The Morgan fingerprint density at radius 2 is 2.24 bits per heavy atom. The van der Waals surface area contributed by atoms with E-state index in [0.29, 0.717) is 16.6 Å². The fourth-order valence-electron chi connectivity index (χ4n) is 1.61. The molecule has 6 heteroatoms. The van der Waals surface area contributed by atoms with Crippen LogP contribution in [0, 0.1) is 0 Å². The third-order valence-electron chi connectivity index (χ3n) is 2.57. The predicted molar refractivity (Wildman–Crippen MR) is 64.1 cm³/mol. The molecule has 2 heterocycles. The molecule has 2 aromatic heterocycles. The molecule has 86 valence electrons. The normalized spacial score (nSPS) is 14.6. The van der Waals surface area contributed by atoms with Crippen LogP contribution in [0.1, 0.15) is 34.1 Å². The lowest BCUT2D eigenvalue weighted by atomic mass is 10.2. The third kappa shape index (κ3) is 2.16. The summed E-state index contributed by atoms with van der Waals surface area (Å²) in [5.41, 5.74) is 2.65. The number of aromatic nitrogens is 3. The van der Waals surface area contributed by atoms with Crippen molar-refractivity contribution in [2.24, 2.45) is 0 Å². The highest BCUT2D eigenvalue weighted by Gasteiger charge is 2.30. The number of anilines is 1. The van der Waals surface area contributed by atoms with Gasteiger partial charge in [-0.2, -0.15) is 0 Å². The molecule has 1 N–H and O–H groups in total. The average molecular weight is 246 g/mol. The molecular weight excluding hydrogens is 236 g/mol. The van der Waals surface area contributed by atoms with Crippen molar-refractivity contribution in [3.8, 4) is 0 Å². The molecule has 1 saturated carbocycles. The predicted octanol–water partition coefficient (Wildman–Crippen LogP) is 2.06. The van der Waals surface area contributed by atoms with Crippen LogP contribution >= 0.6 is 11.3 Å². The highest BCUT2D eigenvalue weighted by molar-refractivity contribution is 7.12. The molecule has 1 aliphatic carbocycles. The second kappa shape index (κ2) is 4.21. The standard InChI is InChI=1S/C11H10N4OS/c16-11(15-8-5-12-3-4-13-8)10-9(7-1-2-7)14-6-17-10/h3-7H,1-2H2,(H,13,15,16). The van der Waals surface area contributed by atoms with Crippen molar-refractivity contribution in [2.45, 2.75) is 18.8 Å². The molecule has 5 nitrogen and oxygen atoms in total. The van der Waals surface area contributed by atoms with Gasteiger partial charge >= 0.3 is 0 Å². The highest BCUT2D eigenvalue weighted by atomic mass is 32.1. The molecule has 0 bridgehead atoms. The van der Waals surface area contributed by atoms with E-state index in [-0.39, 0.29) is 5.91 Å². The maximum atomic E-state index is 12.0. The minimum atomic E-state index is -0.144. The second-order valence-electron chi connectivity index (χ2n) is 3.89. The maximum Gasteiger partial charge on any atom is 0.268 e. The summed E-state index contributed by atoms with van der Waals surface area (Å²) in [6.07, 6.45) is 6.90. The number of carbonyl (C=O) groups excluding carboxylic acids is 1. The topological polar surface area (TPSA) is 67.8 Å². The zero-order valence-corrected chi connectivity index (χ0v) is 9.78. The number of nitrogens with zero attached hydrogens (tertiary/aromatic N) is 3. The van der Waals surface area contributed by atoms with Crippen LogP contribution in [-0.4, -0.2) is 20.9 Å². The zero-order chi connectivity index (χ0) is 11.7. The van der Waals surface area contributed by atoms with Crippen molar-refractivity contribution < 1.29 is 4.79 Å². The van der Waals surface area contributed by atoms with Crippen LogP contribution in [0.4, 0.5) is 5.82 Å². The average Bonchev–Trinajstić information content (AvgIpc) is 3.08. The smallest absolute Gasteiger partial charge is 0.268 e. The molecule has 1 fully saturated rings. The van der Waals surface area contributed by atoms with Gasteiger partial charge in [0, 0.05) is 18.3 Å². The molecule has 17 heavy (non-hydrogen) atoms. The van der Waals surface area contributed by atoms with Crippen LogP contribution in [0.15, 0.2) is 24.1 Å². The number of hydrogen-bond donors (Lipinski definition) is 1. The van der Waals surface area contributed by atoms with E-state index >= 15 is 0 Å². The van der Waals surface area contributed by atoms with Gasteiger partial charge in [0.2, 0.25) is 0 Å². The van der Waals surface area contributed by atoms with E-state index < -0.39 is 0 Å². The van der Waals surface area contributed by atoms with Crippen molar-refractivity contribution in [1.82, 2.24) is 15.0 Å². The highest BCUT2D eigenvalue weighted by Crippen LogP contribution is 2.41. The Balaban J connectivity index is 1.80. The molecule has 0 radical (unpaired) electrons. The van der Waals surface area contributed by atoms with Gasteiger partial charge in [-0.15, -0.1) is 11.3 Å². The summed E-state index contributed by atoms with van der Waals surface area (Å²) in [6, 6.07) is 0. The molecule has 1 amide bonds. The first-order valence-corrected chi connectivity index (χ1v) is 6.23. The second-order valence-corrected chi connectivity index (χ2v) is 4.74. The van der Waals surface area contributed by atoms with Crippen molar-refractivity contribution in [1.29, 1.82) is 0 Å². The Morgan fingerprint density at radius 3 is 2.94 bits per heavy atom. The van der Waals surface area contributed by atoms with Gasteiger partial charge in [0.05, 0.1) is 17.4 Å². The molecule has 2 aromatic rings. The first-order chi connectivity index (χ1) is 8.34. The molecule has 0 unspecified atom stereocenters. The van der Waals surface area contributed by atoms with Crippen molar-refractivity contribution in [3.05, 3.63) is 34.7 Å². The number of nitrogens with one attached hydrogen (secondary N) is 1. The fraction of sp³-hybridized carbons (Fsp3) is 0.273. The summed E-state index contributed by atoms with van der Waals surface area (Å²) in [5, 5.41) is 2.73. The lowest BCUT2D eigenvalue weighted by Crippen LogP contribution is -2.13. The molecule has 0 aliphatic heterocycles. The lowest BCUT2D eigenvalue weighted by molar-refractivity contribution is 0.102. The minimum absolute atomic E-state index is 0.144. The largest absolute Gasteiger partial charge is 0.305 e. The number of rotatable bonds is 3. The van der Waals surface area contributed by atoms with E-state index in [9.17, 15) is 4.79 Å². The quantitative estimate of drug-likeness (QED) is 0.900. The van der Waals surface area contributed by atoms with Crippen LogP contribution in [0.5, 0.6) is 0 Å². The summed E-state index contributed by atoms with van der Waals surface area (Å²) < 4.78 is 0. The lowest BCUT2D eigenvalue weighted by Gasteiger charge is -2.02. The molecule has 0 saturated heterocycles. The van der Waals surface area contributed by atoms with E-state index in [2.05, 4.69) is 20.3 Å². The van der Waals surface area contributed by atoms with Gasteiger partial charge in [-0.3, -0.25) is 9.78 Å². The van der Waals surface area contributed by atoms with Crippen molar-refractivity contribution in [2.75, 3.05) is 5.32 Å². The van der Waals surface area contributed by atoms with Gasteiger partial charge < -0.3 is 5.32 Å². The Morgan fingerprint density at radius 1 is 1.35 bits per heavy atom. The van der Waals surface area contributed by atoms with Gasteiger partial charge in [0.1, 0.15) is 4.88 Å². The Bertz CT molecular complexity index is 535. The molecule has 0 aromatic carbocycles. The summed E-state index contributed by atoms with van der Waals surface area (Å²) in [4.78, 5) is 24.9. The van der Waals surface area contributed by atoms with Crippen LogP contribution in [0.2, 0.25) is 0 Å². The first kappa shape index (κ1) is 10.3. The van der Waals surface area contributed by atoms with E-state index in [1.165, 1.54) is 17.5 Å². The van der Waals surface area contributed by atoms with Gasteiger partial charge in [-0.05, 0) is 12.8 Å². The van der Waals surface area contributed by atoms with Crippen LogP contribution < -0.4 is 5.32 Å². The number of amides is 1. The third-order valence-corrected chi connectivity index (χ3v) is 3.41. The molecule has 0 spiro atoms. The van der Waals surface area contributed by atoms with Crippen LogP contribution in [0.25, 0.3) is 0 Å².